The Morgan fingerprint density at radius 1 is 1.16 bits per heavy atom. The van der Waals surface area contributed by atoms with Crippen LogP contribution in [-0.2, 0) is 13.0 Å². The molecule has 0 aliphatic rings. The second-order valence-corrected chi connectivity index (χ2v) is 7.80. The van der Waals surface area contributed by atoms with Crippen LogP contribution in [0.25, 0.3) is 11.2 Å². The number of aryl methyl sites for hydroxylation is 2. The van der Waals surface area contributed by atoms with Crippen LogP contribution in [0.2, 0.25) is 0 Å². The maximum atomic E-state index is 11.2. The third-order valence-electron chi connectivity index (χ3n) is 4.85. The molecule has 0 saturated heterocycles. The molecule has 0 spiro atoms. The Labute approximate surface area is 188 Å². The lowest BCUT2D eigenvalue weighted by atomic mass is 10.1. The standard InChI is InChI=1S/C21H21N6O4S/c1-30-15-6-7-16(31-2)17(11-15)32-21-25-18-19(22)23-12-24-20(18)26(21)9-8-13-4-3-5-14(10-13)27(28)29/h3-7,10-12,28H,8-9H2,1-2H3,(H2,22,23,24)/q-1. The van der Waals surface area contributed by atoms with E-state index < -0.39 is 0 Å². The minimum Gasteiger partial charge on any atom is -0.733 e. The van der Waals surface area contributed by atoms with Gasteiger partial charge in [0.15, 0.2) is 22.1 Å². The number of nitrogens with zero attached hydrogens (tertiary/aromatic N) is 5. The Morgan fingerprint density at radius 2 is 2.00 bits per heavy atom. The monoisotopic (exact) mass is 453 g/mol. The summed E-state index contributed by atoms with van der Waals surface area (Å²) in [5.41, 5.74) is 8.19. The number of aromatic nitrogens is 4. The first-order valence-corrected chi connectivity index (χ1v) is 10.4. The third-order valence-corrected chi connectivity index (χ3v) is 5.89. The minimum atomic E-state index is -0.152. The summed E-state index contributed by atoms with van der Waals surface area (Å²) in [7, 11) is 3.21. The van der Waals surface area contributed by atoms with Crippen molar-refractivity contribution in [2.24, 2.45) is 0 Å². The Morgan fingerprint density at radius 3 is 2.75 bits per heavy atom. The molecule has 11 heteroatoms. The highest BCUT2D eigenvalue weighted by atomic mass is 32.2. The predicted octanol–water partition coefficient (Wildman–Crippen LogP) is 3.51. The van der Waals surface area contributed by atoms with Crippen LogP contribution >= 0.6 is 11.8 Å². The van der Waals surface area contributed by atoms with E-state index in [0.29, 0.717) is 40.8 Å². The molecule has 0 aliphatic carbocycles. The zero-order valence-corrected chi connectivity index (χ0v) is 18.2. The summed E-state index contributed by atoms with van der Waals surface area (Å²) >= 11 is 1.40. The van der Waals surface area contributed by atoms with Gasteiger partial charge in [0, 0.05) is 6.54 Å². The van der Waals surface area contributed by atoms with Crippen LogP contribution in [0.15, 0.2) is 58.8 Å². The molecular weight excluding hydrogens is 432 g/mol. The first kappa shape index (κ1) is 21.7. The van der Waals surface area contributed by atoms with Crippen molar-refractivity contribution in [3.8, 4) is 11.5 Å². The third kappa shape index (κ3) is 4.40. The molecule has 166 valence electrons. The Bertz CT molecular complexity index is 1250. The van der Waals surface area contributed by atoms with Crippen molar-refractivity contribution in [2.45, 2.75) is 23.0 Å². The van der Waals surface area contributed by atoms with Crippen molar-refractivity contribution in [3.05, 3.63) is 59.6 Å². The molecule has 0 saturated carbocycles. The van der Waals surface area contributed by atoms with Crippen LogP contribution in [0.5, 0.6) is 11.5 Å². The van der Waals surface area contributed by atoms with Crippen LogP contribution in [0.1, 0.15) is 5.56 Å². The van der Waals surface area contributed by atoms with Crippen molar-refractivity contribution < 1.29 is 14.7 Å². The zero-order chi connectivity index (χ0) is 22.7. The molecule has 0 bridgehead atoms. The summed E-state index contributed by atoms with van der Waals surface area (Å²) in [5, 5.41) is 20.9. The van der Waals surface area contributed by atoms with Crippen LogP contribution in [-0.4, -0.2) is 38.9 Å². The number of hydrogen-bond acceptors (Lipinski definition) is 10. The van der Waals surface area contributed by atoms with Crippen LogP contribution in [0, 0.1) is 5.21 Å². The predicted molar refractivity (Wildman–Crippen MR) is 121 cm³/mol. The van der Waals surface area contributed by atoms with Gasteiger partial charge in [-0.15, -0.1) is 0 Å². The SMILES string of the molecule is COc1ccc(OC)c(Sc2nc3c(N)ncnc3n2CCc2cccc(N([O-])O)c2)c1. The number of nitrogens with two attached hydrogens (primary N) is 1. The van der Waals surface area contributed by atoms with E-state index in [4.69, 9.17) is 15.2 Å². The first-order valence-electron chi connectivity index (χ1n) is 9.62. The van der Waals surface area contributed by atoms with Gasteiger partial charge in [0.1, 0.15) is 17.8 Å². The number of hydrogen-bond donors (Lipinski definition) is 2. The van der Waals surface area contributed by atoms with Crippen molar-refractivity contribution in [2.75, 3.05) is 25.2 Å². The van der Waals surface area contributed by atoms with Gasteiger partial charge in [-0.2, -0.15) is 0 Å². The van der Waals surface area contributed by atoms with Gasteiger partial charge in [0.25, 0.3) is 0 Å². The molecule has 2 aromatic heterocycles. The van der Waals surface area contributed by atoms with E-state index in [0.717, 1.165) is 10.5 Å². The first-order chi connectivity index (χ1) is 15.5. The highest BCUT2D eigenvalue weighted by Crippen LogP contribution is 2.38. The fraction of sp³-hybridized carbons (Fsp3) is 0.190. The second-order valence-electron chi connectivity index (χ2n) is 6.79. The van der Waals surface area contributed by atoms with Gasteiger partial charge in [-0.05, 0) is 54.1 Å². The molecular formula is C21H21N6O4S-. The number of methoxy groups -OCH3 is 2. The molecule has 0 amide bonds. The van der Waals surface area contributed by atoms with Crippen LogP contribution < -0.4 is 20.4 Å². The molecule has 3 N–H and O–H groups in total. The van der Waals surface area contributed by atoms with Gasteiger partial charge in [-0.1, -0.05) is 12.1 Å². The van der Waals surface area contributed by atoms with Crippen LogP contribution in [0.3, 0.4) is 0 Å². The van der Waals surface area contributed by atoms with Gasteiger partial charge >= 0.3 is 0 Å². The number of ether oxygens (including phenoxy) is 2. The lowest BCUT2D eigenvalue weighted by molar-refractivity contribution is 0.296. The fourth-order valence-electron chi connectivity index (χ4n) is 3.25. The molecule has 2 heterocycles. The summed E-state index contributed by atoms with van der Waals surface area (Å²) in [6.07, 6.45) is 1.97. The molecule has 0 unspecified atom stereocenters. The molecule has 0 atom stereocenters. The fourth-order valence-corrected chi connectivity index (χ4v) is 4.30. The van der Waals surface area contributed by atoms with E-state index in [1.54, 1.807) is 26.4 Å². The Kier molecular flexibility index (Phi) is 6.30. The number of anilines is 2. The summed E-state index contributed by atoms with van der Waals surface area (Å²) in [4.78, 5) is 13.9. The molecule has 0 radical (unpaired) electrons. The lowest BCUT2D eigenvalue weighted by Gasteiger charge is -2.22. The maximum absolute atomic E-state index is 11.2. The van der Waals surface area contributed by atoms with E-state index in [9.17, 15) is 10.4 Å². The summed E-state index contributed by atoms with van der Waals surface area (Å²) in [6, 6.07) is 12.3. The minimum absolute atomic E-state index is 0.152. The topological polar surface area (TPSA) is 135 Å². The van der Waals surface area contributed by atoms with E-state index in [-0.39, 0.29) is 16.7 Å². The van der Waals surface area contributed by atoms with E-state index in [1.807, 2.05) is 28.8 Å². The molecule has 10 nitrogen and oxygen atoms in total. The van der Waals surface area contributed by atoms with Gasteiger partial charge in [0.2, 0.25) is 0 Å². The Balaban J connectivity index is 1.71. The highest BCUT2D eigenvalue weighted by Gasteiger charge is 2.18. The van der Waals surface area contributed by atoms with Gasteiger partial charge in [-0.3, -0.25) is 5.21 Å². The highest BCUT2D eigenvalue weighted by molar-refractivity contribution is 7.99. The van der Waals surface area contributed by atoms with Gasteiger partial charge < -0.3 is 30.2 Å². The molecule has 4 rings (SSSR count). The normalized spacial score (nSPS) is 11.0. The van der Waals surface area contributed by atoms with Crippen molar-refractivity contribution >= 4 is 34.4 Å². The van der Waals surface area contributed by atoms with Crippen LogP contribution in [0.4, 0.5) is 11.5 Å². The van der Waals surface area contributed by atoms with Gasteiger partial charge in [0.05, 0.1) is 24.8 Å². The summed E-state index contributed by atoms with van der Waals surface area (Å²) < 4.78 is 12.8. The smallest absolute Gasteiger partial charge is 0.175 e. The lowest BCUT2D eigenvalue weighted by Crippen LogP contribution is -2.08. The number of nitrogen functional groups attached to an aromatic ring is 1. The summed E-state index contributed by atoms with van der Waals surface area (Å²) in [5.74, 6) is 1.66. The van der Waals surface area contributed by atoms with E-state index in [2.05, 4.69) is 15.0 Å². The van der Waals surface area contributed by atoms with Crippen molar-refractivity contribution in [1.82, 2.24) is 19.5 Å². The van der Waals surface area contributed by atoms with Gasteiger partial charge in [-0.25, -0.2) is 15.0 Å². The largest absolute Gasteiger partial charge is 0.733 e. The van der Waals surface area contributed by atoms with E-state index >= 15 is 0 Å². The maximum Gasteiger partial charge on any atom is 0.175 e. The quantitative estimate of drug-likeness (QED) is 0.382. The molecule has 32 heavy (non-hydrogen) atoms. The number of imidazole rings is 1. The van der Waals surface area contributed by atoms with E-state index in [1.165, 1.54) is 24.2 Å². The Hall–Kier alpha value is -3.54. The average Bonchev–Trinajstić information content (AvgIpc) is 3.16. The second kappa shape index (κ2) is 9.30. The zero-order valence-electron chi connectivity index (χ0n) is 17.4. The number of fused-ring (bicyclic) bond motifs is 1. The molecule has 2 aromatic carbocycles. The number of benzene rings is 2. The number of rotatable bonds is 8. The van der Waals surface area contributed by atoms with Crippen molar-refractivity contribution in [3.63, 3.8) is 0 Å². The van der Waals surface area contributed by atoms with Crippen molar-refractivity contribution in [1.29, 1.82) is 0 Å². The molecule has 0 aliphatic heterocycles. The molecule has 0 fully saturated rings. The summed E-state index contributed by atoms with van der Waals surface area (Å²) in [6.45, 7) is 0.509. The average molecular weight is 454 g/mol. The molecule has 4 aromatic rings.